The predicted molar refractivity (Wildman–Crippen MR) is 83.1 cm³/mol. The molecule has 22 heavy (non-hydrogen) atoms. The highest BCUT2D eigenvalue weighted by atomic mass is 32.2. The Morgan fingerprint density at radius 3 is 2.32 bits per heavy atom. The van der Waals surface area contributed by atoms with Crippen LogP contribution in [0.2, 0.25) is 0 Å². The van der Waals surface area contributed by atoms with E-state index in [4.69, 9.17) is 0 Å². The number of rotatable bonds is 3. The van der Waals surface area contributed by atoms with Crippen molar-refractivity contribution in [1.82, 2.24) is 4.31 Å². The van der Waals surface area contributed by atoms with Crippen molar-refractivity contribution in [1.29, 1.82) is 0 Å². The number of hydrogen-bond donors (Lipinski definition) is 0. The smallest absolute Gasteiger partial charge is 0.264 e. The van der Waals surface area contributed by atoms with Crippen LogP contribution in [0, 0.1) is 12.7 Å². The second-order valence-electron chi connectivity index (χ2n) is 5.34. The molecule has 2 aromatic carbocycles. The molecule has 1 atom stereocenters. The van der Waals surface area contributed by atoms with Gasteiger partial charge in [-0.2, -0.15) is 0 Å². The standard InChI is InChI=1S/C17H16FNO2S/c1-13-4-10-16(11-5-13)22(20,21)19-12-2-3-17(19)14-6-8-15(18)9-7-14/h2,4-12,17H,3H2,1H3. The SMILES string of the molecule is Cc1ccc(S(=O)(=O)N2C=CCC2c2ccc(F)cc2)cc1. The number of aryl methyl sites for hydroxylation is 1. The van der Waals surface area contributed by atoms with Gasteiger partial charge in [0.05, 0.1) is 10.9 Å². The van der Waals surface area contributed by atoms with Crippen LogP contribution in [0.5, 0.6) is 0 Å². The summed E-state index contributed by atoms with van der Waals surface area (Å²) < 4.78 is 40.0. The third kappa shape index (κ3) is 2.64. The van der Waals surface area contributed by atoms with Crippen molar-refractivity contribution in [2.24, 2.45) is 0 Å². The Morgan fingerprint density at radius 1 is 1.05 bits per heavy atom. The van der Waals surface area contributed by atoms with E-state index in [0.717, 1.165) is 11.1 Å². The molecular weight excluding hydrogens is 301 g/mol. The predicted octanol–water partition coefficient (Wildman–Crippen LogP) is 3.78. The van der Waals surface area contributed by atoms with Crippen molar-refractivity contribution in [3.63, 3.8) is 0 Å². The van der Waals surface area contributed by atoms with Crippen molar-refractivity contribution in [3.8, 4) is 0 Å². The maximum absolute atomic E-state index is 13.1. The molecule has 0 amide bonds. The molecule has 3 nitrogen and oxygen atoms in total. The van der Waals surface area contributed by atoms with E-state index >= 15 is 0 Å². The molecule has 1 aliphatic rings. The summed E-state index contributed by atoms with van der Waals surface area (Å²) in [5.74, 6) is -0.331. The van der Waals surface area contributed by atoms with Crippen molar-refractivity contribution in [2.75, 3.05) is 0 Å². The Balaban J connectivity index is 1.96. The minimum atomic E-state index is -3.61. The second kappa shape index (κ2) is 5.57. The van der Waals surface area contributed by atoms with Gasteiger partial charge in [0.25, 0.3) is 10.0 Å². The fraction of sp³-hybridized carbons (Fsp3) is 0.176. The molecule has 1 unspecified atom stereocenters. The zero-order chi connectivity index (χ0) is 15.7. The highest BCUT2D eigenvalue weighted by molar-refractivity contribution is 7.89. The lowest BCUT2D eigenvalue weighted by Crippen LogP contribution is -2.27. The van der Waals surface area contributed by atoms with E-state index in [1.54, 1.807) is 42.6 Å². The van der Waals surface area contributed by atoms with E-state index in [9.17, 15) is 12.8 Å². The van der Waals surface area contributed by atoms with E-state index in [1.807, 2.05) is 13.0 Å². The molecule has 2 aromatic rings. The summed E-state index contributed by atoms with van der Waals surface area (Å²) in [5, 5.41) is 0. The van der Waals surface area contributed by atoms with E-state index in [1.165, 1.54) is 16.4 Å². The lowest BCUT2D eigenvalue weighted by atomic mass is 10.1. The molecule has 0 aromatic heterocycles. The first kappa shape index (κ1) is 14.8. The van der Waals surface area contributed by atoms with Gasteiger partial charge < -0.3 is 0 Å². The Bertz CT molecular complexity index is 796. The Kier molecular flexibility index (Phi) is 3.74. The second-order valence-corrected chi connectivity index (χ2v) is 7.18. The average molecular weight is 317 g/mol. The maximum Gasteiger partial charge on any atom is 0.264 e. The molecule has 0 bridgehead atoms. The van der Waals surface area contributed by atoms with Crippen LogP contribution in [0.3, 0.4) is 0 Å². The minimum absolute atomic E-state index is 0.261. The first-order valence-corrected chi connectivity index (χ1v) is 8.45. The van der Waals surface area contributed by atoms with E-state index in [0.29, 0.717) is 6.42 Å². The van der Waals surface area contributed by atoms with Gasteiger partial charge in [0.2, 0.25) is 0 Å². The zero-order valence-electron chi connectivity index (χ0n) is 12.1. The Labute approximate surface area is 129 Å². The number of benzene rings is 2. The van der Waals surface area contributed by atoms with Crippen molar-refractivity contribution >= 4 is 10.0 Å². The average Bonchev–Trinajstić information content (AvgIpc) is 2.99. The molecular formula is C17H16FNO2S. The summed E-state index contributed by atoms with van der Waals surface area (Å²) in [6.07, 6.45) is 3.99. The normalized spacial score (nSPS) is 17.9. The first-order valence-electron chi connectivity index (χ1n) is 7.01. The molecule has 1 aliphatic heterocycles. The van der Waals surface area contributed by atoms with Crippen molar-refractivity contribution in [3.05, 3.63) is 77.8 Å². The molecule has 0 aliphatic carbocycles. The van der Waals surface area contributed by atoms with Gasteiger partial charge in [0.15, 0.2) is 0 Å². The molecule has 0 fully saturated rings. The summed E-state index contributed by atoms with van der Waals surface area (Å²) in [5.41, 5.74) is 1.79. The third-order valence-electron chi connectivity index (χ3n) is 3.77. The zero-order valence-corrected chi connectivity index (χ0v) is 12.9. The molecule has 3 rings (SSSR count). The van der Waals surface area contributed by atoms with Gasteiger partial charge in [-0.1, -0.05) is 35.9 Å². The van der Waals surface area contributed by atoms with E-state index < -0.39 is 10.0 Å². The number of hydrogen-bond acceptors (Lipinski definition) is 2. The van der Waals surface area contributed by atoms with Crippen LogP contribution < -0.4 is 0 Å². The van der Waals surface area contributed by atoms with Gasteiger partial charge >= 0.3 is 0 Å². The summed E-state index contributed by atoms with van der Waals surface area (Å²) in [4.78, 5) is 0.261. The van der Waals surface area contributed by atoms with Gasteiger partial charge in [-0.05, 0) is 43.2 Å². The van der Waals surface area contributed by atoms with Crippen LogP contribution >= 0.6 is 0 Å². The fourth-order valence-electron chi connectivity index (χ4n) is 2.55. The third-order valence-corrected chi connectivity index (χ3v) is 5.57. The monoisotopic (exact) mass is 317 g/mol. The lowest BCUT2D eigenvalue weighted by Gasteiger charge is -2.25. The largest absolute Gasteiger partial charge is 0.266 e. The van der Waals surface area contributed by atoms with Crippen molar-refractivity contribution in [2.45, 2.75) is 24.3 Å². The number of nitrogens with zero attached hydrogens (tertiary/aromatic N) is 1. The number of halogens is 1. The molecule has 0 spiro atoms. The molecule has 0 saturated heterocycles. The molecule has 0 radical (unpaired) electrons. The van der Waals surface area contributed by atoms with Crippen LogP contribution in [0.1, 0.15) is 23.6 Å². The van der Waals surface area contributed by atoms with Gasteiger partial charge in [-0.25, -0.2) is 12.8 Å². The summed E-state index contributed by atoms with van der Waals surface area (Å²) >= 11 is 0. The van der Waals surface area contributed by atoms with E-state index in [-0.39, 0.29) is 16.8 Å². The van der Waals surface area contributed by atoms with Crippen LogP contribution in [0.4, 0.5) is 4.39 Å². The topological polar surface area (TPSA) is 37.4 Å². The van der Waals surface area contributed by atoms with Gasteiger partial charge in [-0.15, -0.1) is 0 Å². The molecule has 5 heteroatoms. The van der Waals surface area contributed by atoms with Gasteiger partial charge in [0, 0.05) is 6.20 Å². The van der Waals surface area contributed by atoms with Crippen LogP contribution in [0.25, 0.3) is 0 Å². The maximum atomic E-state index is 13.1. The highest BCUT2D eigenvalue weighted by Gasteiger charge is 2.32. The molecule has 0 N–H and O–H groups in total. The molecule has 0 saturated carbocycles. The lowest BCUT2D eigenvalue weighted by molar-refractivity contribution is 0.434. The number of sulfonamides is 1. The van der Waals surface area contributed by atoms with Crippen LogP contribution in [0.15, 0.2) is 65.7 Å². The highest BCUT2D eigenvalue weighted by Crippen LogP contribution is 2.35. The minimum Gasteiger partial charge on any atom is -0.266 e. The van der Waals surface area contributed by atoms with Gasteiger partial charge in [-0.3, -0.25) is 4.31 Å². The quantitative estimate of drug-likeness (QED) is 0.864. The Hall–Kier alpha value is -2.14. The van der Waals surface area contributed by atoms with Crippen LogP contribution in [-0.4, -0.2) is 12.7 Å². The summed E-state index contributed by atoms with van der Waals surface area (Å²) in [6.45, 7) is 1.91. The Morgan fingerprint density at radius 2 is 1.68 bits per heavy atom. The van der Waals surface area contributed by atoms with E-state index in [2.05, 4.69) is 0 Å². The van der Waals surface area contributed by atoms with Crippen LogP contribution in [-0.2, 0) is 10.0 Å². The molecule has 114 valence electrons. The fourth-order valence-corrected chi connectivity index (χ4v) is 4.06. The molecule has 1 heterocycles. The summed E-state index contributed by atoms with van der Waals surface area (Å²) in [6, 6.07) is 12.4. The van der Waals surface area contributed by atoms with Crippen molar-refractivity contribution < 1.29 is 12.8 Å². The summed E-state index contributed by atoms with van der Waals surface area (Å²) in [7, 11) is -3.61. The van der Waals surface area contributed by atoms with Gasteiger partial charge in [0.1, 0.15) is 5.82 Å². The first-order chi connectivity index (χ1) is 10.5.